The van der Waals surface area contributed by atoms with Crippen LogP contribution in [0.3, 0.4) is 0 Å². The van der Waals surface area contributed by atoms with Crippen molar-refractivity contribution < 1.29 is 13.6 Å². The molecule has 0 aliphatic carbocycles. The highest BCUT2D eigenvalue weighted by Crippen LogP contribution is 2.25. The third-order valence-corrected chi connectivity index (χ3v) is 3.85. The van der Waals surface area contributed by atoms with E-state index >= 15 is 0 Å². The summed E-state index contributed by atoms with van der Waals surface area (Å²) in [5.74, 6) is 1.34. The molecule has 0 bridgehead atoms. The van der Waals surface area contributed by atoms with Gasteiger partial charge >= 0.3 is 0 Å². The first-order chi connectivity index (χ1) is 10.8. The normalized spacial score (nSPS) is 10.1. The van der Waals surface area contributed by atoms with Crippen LogP contribution in [0.2, 0.25) is 0 Å². The predicted octanol–water partition coefficient (Wildman–Crippen LogP) is 4.52. The Balaban J connectivity index is 0.000000847. The van der Waals surface area contributed by atoms with Crippen molar-refractivity contribution in [2.45, 2.75) is 19.8 Å². The summed E-state index contributed by atoms with van der Waals surface area (Å²) in [5.41, 5.74) is 0. The number of carbonyl (C=O) groups is 1. The number of hydrogen-bond donors (Lipinski definition) is 1. The summed E-state index contributed by atoms with van der Waals surface area (Å²) < 4.78 is 10.9. The summed E-state index contributed by atoms with van der Waals surface area (Å²) in [6.45, 7) is 4.43. The van der Waals surface area contributed by atoms with Gasteiger partial charge in [-0.1, -0.05) is 19.9 Å². The Kier molecular flexibility index (Phi) is 6.03. The van der Waals surface area contributed by atoms with Crippen LogP contribution in [0.15, 0.2) is 63.1 Å². The van der Waals surface area contributed by atoms with Crippen molar-refractivity contribution in [2.24, 2.45) is 0 Å². The molecule has 1 amide bonds. The minimum Gasteiger partial charge on any atom is -0.469 e. The van der Waals surface area contributed by atoms with E-state index in [1.54, 1.807) is 18.6 Å². The Morgan fingerprint density at radius 2 is 1.73 bits per heavy atom. The van der Waals surface area contributed by atoms with E-state index in [9.17, 15) is 4.79 Å². The third-order valence-electron chi connectivity index (χ3n) is 2.98. The number of furan rings is 2. The van der Waals surface area contributed by atoms with Crippen molar-refractivity contribution in [3.05, 3.63) is 70.7 Å². The van der Waals surface area contributed by atoms with Crippen LogP contribution in [0.4, 0.5) is 0 Å². The maximum absolute atomic E-state index is 12.0. The minimum atomic E-state index is -0.121. The van der Waals surface area contributed by atoms with Gasteiger partial charge in [0.25, 0.3) is 5.91 Å². The summed E-state index contributed by atoms with van der Waals surface area (Å²) >= 11 is 1.42. The van der Waals surface area contributed by atoms with Crippen molar-refractivity contribution in [2.75, 3.05) is 6.54 Å². The van der Waals surface area contributed by atoms with Gasteiger partial charge in [-0.05, 0) is 35.7 Å². The van der Waals surface area contributed by atoms with E-state index in [1.165, 1.54) is 11.3 Å². The Hall–Kier alpha value is -2.27. The maximum atomic E-state index is 12.0. The molecule has 3 heterocycles. The molecule has 3 aromatic rings. The van der Waals surface area contributed by atoms with Gasteiger partial charge in [0.15, 0.2) is 0 Å². The number of thiophene rings is 1. The molecule has 1 N–H and O–H groups in total. The van der Waals surface area contributed by atoms with Crippen LogP contribution in [0.25, 0.3) is 0 Å². The monoisotopic (exact) mass is 317 g/mol. The molecular weight excluding hydrogens is 298 g/mol. The smallest absolute Gasteiger partial charge is 0.261 e. The molecule has 0 aromatic carbocycles. The molecule has 4 nitrogen and oxygen atoms in total. The molecule has 0 atom stereocenters. The molecule has 0 aliphatic rings. The number of amides is 1. The fraction of sp³-hybridized carbons (Fsp3) is 0.235. The SMILES string of the molecule is CC.O=C(NCC(c1ccco1)c1ccco1)c1cccs1. The number of nitrogens with one attached hydrogen (secondary N) is 1. The number of carbonyl (C=O) groups excluding carboxylic acids is 1. The summed E-state index contributed by atoms with van der Waals surface area (Å²) in [6, 6.07) is 11.1. The van der Waals surface area contributed by atoms with Crippen molar-refractivity contribution in [3.63, 3.8) is 0 Å². The molecule has 5 heteroatoms. The predicted molar refractivity (Wildman–Crippen MR) is 87.3 cm³/mol. The van der Waals surface area contributed by atoms with Crippen LogP contribution in [-0.4, -0.2) is 12.5 Å². The highest BCUT2D eigenvalue weighted by atomic mass is 32.1. The van der Waals surface area contributed by atoms with Crippen LogP contribution >= 0.6 is 11.3 Å². The quantitative estimate of drug-likeness (QED) is 0.752. The molecule has 0 fully saturated rings. The van der Waals surface area contributed by atoms with Crippen molar-refractivity contribution >= 4 is 17.2 Å². The molecule has 0 unspecified atom stereocenters. The lowest BCUT2D eigenvalue weighted by molar-refractivity contribution is 0.0955. The van der Waals surface area contributed by atoms with Gasteiger partial charge in [0.1, 0.15) is 11.5 Å². The number of hydrogen-bond acceptors (Lipinski definition) is 4. The molecular formula is C17H19NO3S. The van der Waals surface area contributed by atoms with Gasteiger partial charge in [-0.25, -0.2) is 0 Å². The zero-order valence-corrected chi connectivity index (χ0v) is 13.4. The van der Waals surface area contributed by atoms with Gasteiger partial charge in [-0.2, -0.15) is 0 Å². The van der Waals surface area contributed by atoms with Crippen LogP contribution < -0.4 is 5.32 Å². The second-order valence-electron chi connectivity index (χ2n) is 4.27. The Morgan fingerprint density at radius 1 is 1.09 bits per heavy atom. The van der Waals surface area contributed by atoms with Gasteiger partial charge < -0.3 is 14.2 Å². The molecule has 116 valence electrons. The maximum Gasteiger partial charge on any atom is 0.261 e. The van der Waals surface area contributed by atoms with Crippen LogP contribution in [0, 0.1) is 0 Å². The Labute approximate surface area is 133 Å². The van der Waals surface area contributed by atoms with E-state index < -0.39 is 0 Å². The highest BCUT2D eigenvalue weighted by molar-refractivity contribution is 7.12. The molecule has 22 heavy (non-hydrogen) atoms. The summed E-state index contributed by atoms with van der Waals surface area (Å²) in [7, 11) is 0. The van der Waals surface area contributed by atoms with Gasteiger partial charge in [0, 0.05) is 6.54 Å². The van der Waals surface area contributed by atoms with Crippen molar-refractivity contribution in [1.29, 1.82) is 0 Å². The van der Waals surface area contributed by atoms with Gasteiger partial charge in [0.05, 0.1) is 23.3 Å². The first kappa shape index (κ1) is 16.1. The standard InChI is InChI=1S/C15H13NO3S.C2H6/c17-15(14-6-3-9-20-14)16-10-11(12-4-1-7-18-12)13-5-2-8-19-13;1-2/h1-9,11H,10H2,(H,16,17);1-2H3. The molecule has 3 rings (SSSR count). The van der Waals surface area contributed by atoms with E-state index in [0.717, 1.165) is 11.5 Å². The molecule has 0 aliphatic heterocycles. The largest absolute Gasteiger partial charge is 0.469 e. The lowest BCUT2D eigenvalue weighted by Gasteiger charge is -2.12. The summed E-state index contributed by atoms with van der Waals surface area (Å²) in [5, 5.41) is 4.79. The van der Waals surface area contributed by atoms with E-state index in [1.807, 2.05) is 49.6 Å². The lowest BCUT2D eigenvalue weighted by atomic mass is 10.0. The molecule has 0 saturated carbocycles. The van der Waals surface area contributed by atoms with Crippen LogP contribution in [0.5, 0.6) is 0 Å². The Bertz CT molecular complexity index is 608. The molecule has 0 radical (unpaired) electrons. The van der Waals surface area contributed by atoms with Crippen LogP contribution in [0.1, 0.15) is 41.0 Å². The second kappa shape index (κ2) is 8.24. The fourth-order valence-electron chi connectivity index (χ4n) is 2.01. The first-order valence-corrected chi connectivity index (χ1v) is 8.11. The highest BCUT2D eigenvalue weighted by Gasteiger charge is 2.21. The van der Waals surface area contributed by atoms with E-state index in [2.05, 4.69) is 5.32 Å². The van der Waals surface area contributed by atoms with E-state index in [0.29, 0.717) is 11.4 Å². The third kappa shape index (κ3) is 3.89. The van der Waals surface area contributed by atoms with Crippen molar-refractivity contribution in [3.8, 4) is 0 Å². The topological polar surface area (TPSA) is 55.4 Å². The molecule has 3 aromatic heterocycles. The van der Waals surface area contributed by atoms with E-state index in [4.69, 9.17) is 8.83 Å². The average molecular weight is 317 g/mol. The summed E-state index contributed by atoms with van der Waals surface area (Å²) in [4.78, 5) is 12.7. The zero-order chi connectivity index (χ0) is 15.8. The fourth-order valence-corrected chi connectivity index (χ4v) is 2.65. The first-order valence-electron chi connectivity index (χ1n) is 7.23. The second-order valence-corrected chi connectivity index (χ2v) is 5.22. The number of rotatable bonds is 5. The molecule has 0 spiro atoms. The van der Waals surface area contributed by atoms with Gasteiger partial charge in [0.2, 0.25) is 0 Å². The molecule has 0 saturated heterocycles. The van der Waals surface area contributed by atoms with Gasteiger partial charge in [-0.15, -0.1) is 11.3 Å². The average Bonchev–Trinajstić information content (AvgIpc) is 3.31. The zero-order valence-electron chi connectivity index (χ0n) is 12.6. The lowest BCUT2D eigenvalue weighted by Crippen LogP contribution is -2.28. The van der Waals surface area contributed by atoms with E-state index in [-0.39, 0.29) is 11.8 Å². The minimum absolute atomic E-state index is 0.0805. The van der Waals surface area contributed by atoms with Crippen LogP contribution in [-0.2, 0) is 0 Å². The van der Waals surface area contributed by atoms with Crippen molar-refractivity contribution in [1.82, 2.24) is 5.32 Å². The van der Waals surface area contributed by atoms with Gasteiger partial charge in [-0.3, -0.25) is 4.79 Å². The summed E-state index contributed by atoms with van der Waals surface area (Å²) in [6.07, 6.45) is 3.23. The Morgan fingerprint density at radius 3 is 2.18 bits per heavy atom.